The highest BCUT2D eigenvalue weighted by atomic mass is 16.5. The van der Waals surface area contributed by atoms with Gasteiger partial charge in [0.15, 0.2) is 11.6 Å². The summed E-state index contributed by atoms with van der Waals surface area (Å²) in [5.74, 6) is 1.19. The maximum atomic E-state index is 12.6. The lowest BCUT2D eigenvalue weighted by atomic mass is 10.0. The number of Topliss-reactive ketones (excluding diaryl/α,β-unsaturated/α-hetero) is 2. The summed E-state index contributed by atoms with van der Waals surface area (Å²) in [5.41, 5.74) is 3.14. The Hall–Kier alpha value is -3.98. The first-order chi connectivity index (χ1) is 15.2. The largest absolute Gasteiger partial charge is 0.457 e. The van der Waals surface area contributed by atoms with Crippen molar-refractivity contribution in [2.75, 3.05) is 0 Å². The van der Waals surface area contributed by atoms with Crippen molar-refractivity contribution in [3.63, 3.8) is 0 Å². The van der Waals surface area contributed by atoms with Crippen LogP contribution < -0.4 is 4.74 Å². The van der Waals surface area contributed by atoms with Gasteiger partial charge >= 0.3 is 0 Å². The third-order valence-electron chi connectivity index (χ3n) is 4.96. The van der Waals surface area contributed by atoms with Crippen LogP contribution in [0, 0.1) is 0 Å². The van der Waals surface area contributed by atoms with Gasteiger partial charge < -0.3 is 4.74 Å². The van der Waals surface area contributed by atoms with Crippen LogP contribution in [0.15, 0.2) is 109 Å². The molecule has 0 atom stereocenters. The molecule has 0 saturated carbocycles. The highest BCUT2D eigenvalue weighted by Gasteiger charge is 2.11. The topological polar surface area (TPSA) is 43.4 Å². The lowest BCUT2D eigenvalue weighted by Crippen LogP contribution is -2.04. The zero-order chi connectivity index (χ0) is 21.5. The quantitative estimate of drug-likeness (QED) is 0.321. The molecule has 4 aromatic carbocycles. The summed E-state index contributed by atoms with van der Waals surface area (Å²) in [6.45, 7) is 0. The van der Waals surface area contributed by atoms with E-state index in [1.807, 2.05) is 60.7 Å². The van der Waals surface area contributed by atoms with Crippen molar-refractivity contribution < 1.29 is 14.3 Å². The molecule has 31 heavy (non-hydrogen) atoms. The van der Waals surface area contributed by atoms with Gasteiger partial charge in [-0.25, -0.2) is 0 Å². The second-order valence-electron chi connectivity index (χ2n) is 7.33. The van der Waals surface area contributed by atoms with Crippen molar-refractivity contribution in [3.8, 4) is 11.5 Å². The van der Waals surface area contributed by atoms with Crippen LogP contribution in [-0.2, 0) is 12.8 Å². The highest BCUT2D eigenvalue weighted by Crippen LogP contribution is 2.24. The fourth-order valence-corrected chi connectivity index (χ4v) is 3.37. The maximum Gasteiger partial charge on any atom is 0.167 e. The first-order valence-corrected chi connectivity index (χ1v) is 10.2. The van der Waals surface area contributed by atoms with Crippen LogP contribution in [0.25, 0.3) is 0 Å². The van der Waals surface area contributed by atoms with Gasteiger partial charge in [0, 0.05) is 24.0 Å². The molecule has 0 heterocycles. The van der Waals surface area contributed by atoms with Crippen molar-refractivity contribution in [2.24, 2.45) is 0 Å². The Kier molecular flexibility index (Phi) is 6.34. The van der Waals surface area contributed by atoms with E-state index in [9.17, 15) is 9.59 Å². The van der Waals surface area contributed by atoms with Crippen LogP contribution in [0.2, 0.25) is 0 Å². The average Bonchev–Trinajstić information content (AvgIpc) is 2.81. The Morgan fingerprint density at radius 1 is 0.516 bits per heavy atom. The van der Waals surface area contributed by atoms with Gasteiger partial charge in [-0.3, -0.25) is 9.59 Å². The zero-order valence-electron chi connectivity index (χ0n) is 17.0. The van der Waals surface area contributed by atoms with Gasteiger partial charge in [0.05, 0.1) is 0 Å². The van der Waals surface area contributed by atoms with Crippen LogP contribution in [0.1, 0.15) is 31.8 Å². The number of ketones is 2. The summed E-state index contributed by atoms with van der Waals surface area (Å²) in [6, 6.07) is 33.6. The molecule has 0 aliphatic heterocycles. The van der Waals surface area contributed by atoms with E-state index < -0.39 is 0 Å². The molecule has 3 nitrogen and oxygen atoms in total. The number of carbonyl (C=O) groups excluding carboxylic acids is 2. The summed E-state index contributed by atoms with van der Waals surface area (Å²) < 4.78 is 5.96. The van der Waals surface area contributed by atoms with Crippen molar-refractivity contribution in [1.29, 1.82) is 0 Å². The minimum Gasteiger partial charge on any atom is -0.457 e. The number of benzene rings is 4. The predicted molar refractivity (Wildman–Crippen MR) is 122 cm³/mol. The van der Waals surface area contributed by atoms with Crippen LogP contribution in [0.4, 0.5) is 0 Å². The molecular weight excluding hydrogens is 384 g/mol. The van der Waals surface area contributed by atoms with Gasteiger partial charge in [0.1, 0.15) is 11.5 Å². The lowest BCUT2D eigenvalue weighted by molar-refractivity contribution is 0.0985. The molecule has 4 rings (SSSR count). The highest BCUT2D eigenvalue weighted by molar-refractivity contribution is 5.98. The Bertz CT molecular complexity index is 1090. The summed E-state index contributed by atoms with van der Waals surface area (Å²) in [6.07, 6.45) is 0.682. The number of ether oxygens (including phenoxy) is 1. The fourth-order valence-electron chi connectivity index (χ4n) is 3.37. The minimum atomic E-state index is 0.0310. The van der Waals surface area contributed by atoms with Crippen LogP contribution in [0.3, 0.4) is 0 Å². The Morgan fingerprint density at radius 3 is 1.35 bits per heavy atom. The van der Waals surface area contributed by atoms with Crippen molar-refractivity contribution in [2.45, 2.75) is 12.8 Å². The first-order valence-electron chi connectivity index (χ1n) is 10.2. The van der Waals surface area contributed by atoms with Gasteiger partial charge in [-0.15, -0.1) is 0 Å². The number of carbonyl (C=O) groups is 2. The molecule has 0 radical (unpaired) electrons. The smallest absolute Gasteiger partial charge is 0.167 e. The van der Waals surface area contributed by atoms with Crippen molar-refractivity contribution in [1.82, 2.24) is 0 Å². The van der Waals surface area contributed by atoms with Gasteiger partial charge in [-0.1, -0.05) is 84.9 Å². The standard InChI is InChI=1S/C28H22O3/c29-27(17-21-9-3-1-4-10-21)23-13-7-15-25(19-23)31-26-16-8-14-24(20-26)28(30)18-22-11-5-2-6-12-22/h1-16,19-20H,17-18H2. The third-order valence-corrected chi connectivity index (χ3v) is 4.96. The molecule has 0 aliphatic rings. The summed E-state index contributed by atoms with van der Waals surface area (Å²) >= 11 is 0. The SMILES string of the molecule is O=C(Cc1ccccc1)c1cccc(Oc2cccc(C(=O)Cc3ccccc3)c2)c1. The van der Waals surface area contributed by atoms with E-state index >= 15 is 0 Å². The van der Waals surface area contributed by atoms with Crippen molar-refractivity contribution in [3.05, 3.63) is 131 Å². The molecule has 0 aliphatic carbocycles. The van der Waals surface area contributed by atoms with E-state index in [4.69, 9.17) is 4.74 Å². The third kappa shape index (κ3) is 5.55. The summed E-state index contributed by atoms with van der Waals surface area (Å²) in [7, 11) is 0. The minimum absolute atomic E-state index is 0.0310. The van der Waals surface area contributed by atoms with E-state index in [0.29, 0.717) is 35.5 Å². The number of hydrogen-bond donors (Lipinski definition) is 0. The molecule has 0 fully saturated rings. The molecule has 4 aromatic rings. The summed E-state index contributed by atoms with van der Waals surface area (Å²) in [5, 5.41) is 0. The number of rotatable bonds is 8. The fraction of sp³-hybridized carbons (Fsp3) is 0.0714. The van der Waals surface area contributed by atoms with Crippen LogP contribution in [-0.4, -0.2) is 11.6 Å². The van der Waals surface area contributed by atoms with E-state index in [1.165, 1.54) is 0 Å². The first kappa shape index (κ1) is 20.3. The lowest BCUT2D eigenvalue weighted by Gasteiger charge is -2.09. The maximum absolute atomic E-state index is 12.6. The van der Waals surface area contributed by atoms with Gasteiger partial charge in [0.25, 0.3) is 0 Å². The Morgan fingerprint density at radius 2 is 0.935 bits per heavy atom. The van der Waals surface area contributed by atoms with E-state index in [2.05, 4.69) is 0 Å². The molecule has 0 bridgehead atoms. The monoisotopic (exact) mass is 406 g/mol. The molecule has 0 amide bonds. The molecule has 0 unspecified atom stereocenters. The van der Waals surface area contributed by atoms with Crippen molar-refractivity contribution >= 4 is 11.6 Å². The van der Waals surface area contributed by atoms with E-state index in [-0.39, 0.29) is 11.6 Å². The van der Waals surface area contributed by atoms with Gasteiger partial charge in [-0.05, 0) is 35.4 Å². The molecule has 0 N–H and O–H groups in total. The molecule has 152 valence electrons. The molecule has 0 saturated heterocycles. The van der Waals surface area contributed by atoms with Crippen LogP contribution >= 0.6 is 0 Å². The van der Waals surface area contributed by atoms with Crippen LogP contribution in [0.5, 0.6) is 11.5 Å². The number of hydrogen-bond acceptors (Lipinski definition) is 3. The second kappa shape index (κ2) is 9.68. The van der Waals surface area contributed by atoms with E-state index in [0.717, 1.165) is 11.1 Å². The molecule has 3 heteroatoms. The Balaban J connectivity index is 1.46. The molecular formula is C28H22O3. The molecule has 0 spiro atoms. The normalized spacial score (nSPS) is 10.5. The van der Waals surface area contributed by atoms with Gasteiger partial charge in [-0.2, -0.15) is 0 Å². The zero-order valence-corrected chi connectivity index (χ0v) is 17.0. The summed E-state index contributed by atoms with van der Waals surface area (Å²) in [4.78, 5) is 25.3. The van der Waals surface area contributed by atoms with E-state index in [1.54, 1.807) is 48.5 Å². The Labute approximate surface area is 181 Å². The van der Waals surface area contributed by atoms with Gasteiger partial charge in [0.2, 0.25) is 0 Å². The second-order valence-corrected chi connectivity index (χ2v) is 7.33. The predicted octanol–water partition coefficient (Wildman–Crippen LogP) is 6.33. The average molecular weight is 406 g/mol. The molecule has 0 aromatic heterocycles.